The first-order valence-electron chi connectivity index (χ1n) is 8.15. The van der Waals surface area contributed by atoms with E-state index in [4.69, 9.17) is 4.74 Å². The van der Waals surface area contributed by atoms with Gasteiger partial charge in [0.2, 0.25) is 0 Å². The number of aromatic nitrogens is 2. The standard InChI is InChI=1S/C18H25N3O/c1-3-22-17-7-5-4-6-16(17)14-20(2)12-15-8-9-18-19-10-11-21(18)13-15/h4-7,10-11,15H,3,8-9,12-14H2,1-2H3/t15-/m0/s1. The third-order valence-electron chi connectivity index (χ3n) is 4.32. The van der Waals surface area contributed by atoms with E-state index in [0.717, 1.165) is 31.8 Å². The molecule has 0 spiro atoms. The third-order valence-corrected chi connectivity index (χ3v) is 4.32. The number of hydrogen-bond donors (Lipinski definition) is 0. The Morgan fingerprint density at radius 3 is 3.09 bits per heavy atom. The van der Waals surface area contributed by atoms with Crippen LogP contribution in [-0.4, -0.2) is 34.7 Å². The van der Waals surface area contributed by atoms with Crippen LogP contribution in [0.25, 0.3) is 0 Å². The Balaban J connectivity index is 1.58. The summed E-state index contributed by atoms with van der Waals surface area (Å²) in [6.45, 7) is 5.88. The second-order valence-corrected chi connectivity index (χ2v) is 6.14. The van der Waals surface area contributed by atoms with Crippen LogP contribution in [0.15, 0.2) is 36.7 Å². The first-order valence-corrected chi connectivity index (χ1v) is 8.15. The van der Waals surface area contributed by atoms with Crippen LogP contribution >= 0.6 is 0 Å². The SMILES string of the molecule is CCOc1ccccc1CN(C)C[C@@H]1CCc2nccn2C1. The molecule has 0 fully saturated rings. The maximum absolute atomic E-state index is 5.72. The molecule has 0 saturated heterocycles. The van der Waals surface area contributed by atoms with Crippen molar-refractivity contribution in [2.75, 3.05) is 20.2 Å². The molecule has 0 saturated carbocycles. The zero-order chi connectivity index (χ0) is 15.4. The molecule has 0 unspecified atom stereocenters. The Hall–Kier alpha value is -1.81. The highest BCUT2D eigenvalue weighted by atomic mass is 16.5. The highest BCUT2D eigenvalue weighted by Crippen LogP contribution is 2.22. The molecule has 0 bridgehead atoms. The van der Waals surface area contributed by atoms with Crippen LogP contribution in [-0.2, 0) is 19.5 Å². The van der Waals surface area contributed by atoms with Crippen molar-refractivity contribution in [1.82, 2.24) is 14.5 Å². The lowest BCUT2D eigenvalue weighted by atomic mass is 9.98. The molecule has 3 rings (SSSR count). The van der Waals surface area contributed by atoms with E-state index in [0.29, 0.717) is 12.5 Å². The largest absolute Gasteiger partial charge is 0.494 e. The second-order valence-electron chi connectivity index (χ2n) is 6.14. The zero-order valence-electron chi connectivity index (χ0n) is 13.5. The molecule has 1 aliphatic heterocycles. The topological polar surface area (TPSA) is 30.3 Å². The van der Waals surface area contributed by atoms with Gasteiger partial charge in [-0.05, 0) is 32.4 Å². The van der Waals surface area contributed by atoms with Crippen molar-refractivity contribution in [3.05, 3.63) is 48.0 Å². The lowest BCUT2D eigenvalue weighted by Crippen LogP contribution is -2.31. The molecule has 1 aromatic carbocycles. The third kappa shape index (κ3) is 3.50. The van der Waals surface area contributed by atoms with Gasteiger partial charge in [-0.25, -0.2) is 4.98 Å². The molecular formula is C18H25N3O. The fourth-order valence-electron chi connectivity index (χ4n) is 3.31. The number of aryl methyl sites for hydroxylation is 1. The van der Waals surface area contributed by atoms with Crippen molar-refractivity contribution in [2.45, 2.75) is 32.9 Å². The summed E-state index contributed by atoms with van der Waals surface area (Å²) >= 11 is 0. The van der Waals surface area contributed by atoms with Gasteiger partial charge in [0.25, 0.3) is 0 Å². The number of imidazole rings is 1. The lowest BCUT2D eigenvalue weighted by molar-refractivity contribution is 0.225. The van der Waals surface area contributed by atoms with Crippen molar-refractivity contribution in [3.8, 4) is 5.75 Å². The molecule has 1 aromatic heterocycles. The first-order chi connectivity index (χ1) is 10.8. The van der Waals surface area contributed by atoms with E-state index in [9.17, 15) is 0 Å². The van der Waals surface area contributed by atoms with Gasteiger partial charge in [0.15, 0.2) is 0 Å². The summed E-state index contributed by atoms with van der Waals surface area (Å²) in [7, 11) is 2.20. The monoisotopic (exact) mass is 299 g/mol. The number of ether oxygens (including phenoxy) is 1. The quantitative estimate of drug-likeness (QED) is 0.821. The van der Waals surface area contributed by atoms with Gasteiger partial charge in [0.05, 0.1) is 6.61 Å². The maximum atomic E-state index is 5.72. The lowest BCUT2D eigenvalue weighted by Gasteiger charge is -2.28. The van der Waals surface area contributed by atoms with Gasteiger partial charge < -0.3 is 14.2 Å². The van der Waals surface area contributed by atoms with Gasteiger partial charge in [-0.3, -0.25) is 0 Å². The second kappa shape index (κ2) is 6.97. The highest BCUT2D eigenvalue weighted by molar-refractivity contribution is 5.33. The summed E-state index contributed by atoms with van der Waals surface area (Å²) < 4.78 is 8.03. The summed E-state index contributed by atoms with van der Waals surface area (Å²) in [5.41, 5.74) is 1.27. The molecule has 2 heterocycles. The molecule has 4 nitrogen and oxygen atoms in total. The van der Waals surface area contributed by atoms with Crippen LogP contribution < -0.4 is 4.74 Å². The van der Waals surface area contributed by atoms with Gasteiger partial charge in [0.1, 0.15) is 11.6 Å². The number of benzene rings is 1. The van der Waals surface area contributed by atoms with Gasteiger partial charge in [-0.2, -0.15) is 0 Å². The van der Waals surface area contributed by atoms with E-state index < -0.39 is 0 Å². The van der Waals surface area contributed by atoms with Crippen LogP contribution in [0.3, 0.4) is 0 Å². The van der Waals surface area contributed by atoms with Crippen molar-refractivity contribution in [2.24, 2.45) is 5.92 Å². The van der Waals surface area contributed by atoms with E-state index in [-0.39, 0.29) is 0 Å². The van der Waals surface area contributed by atoms with Crippen LogP contribution in [0.5, 0.6) is 5.75 Å². The number of fused-ring (bicyclic) bond motifs is 1. The predicted octanol–water partition coefficient (Wildman–Crippen LogP) is 2.98. The van der Waals surface area contributed by atoms with Gasteiger partial charge >= 0.3 is 0 Å². The molecule has 118 valence electrons. The average molecular weight is 299 g/mol. The van der Waals surface area contributed by atoms with E-state index in [2.05, 4.69) is 45.9 Å². The van der Waals surface area contributed by atoms with E-state index in [1.54, 1.807) is 0 Å². The molecule has 22 heavy (non-hydrogen) atoms. The predicted molar refractivity (Wildman–Crippen MR) is 88.0 cm³/mol. The first kappa shape index (κ1) is 15.1. The molecule has 1 atom stereocenters. The van der Waals surface area contributed by atoms with Crippen LogP contribution in [0.2, 0.25) is 0 Å². The Kier molecular flexibility index (Phi) is 4.78. The van der Waals surface area contributed by atoms with Crippen LogP contribution in [0.4, 0.5) is 0 Å². The van der Waals surface area contributed by atoms with E-state index in [1.807, 2.05) is 19.2 Å². The zero-order valence-corrected chi connectivity index (χ0v) is 13.5. The van der Waals surface area contributed by atoms with Gasteiger partial charge in [-0.15, -0.1) is 0 Å². The maximum Gasteiger partial charge on any atom is 0.123 e. The molecule has 0 aliphatic carbocycles. The molecule has 0 amide bonds. The summed E-state index contributed by atoms with van der Waals surface area (Å²) in [6.07, 6.45) is 6.35. The van der Waals surface area contributed by atoms with Crippen LogP contribution in [0, 0.1) is 5.92 Å². The molecule has 4 heteroatoms. The van der Waals surface area contributed by atoms with E-state index in [1.165, 1.54) is 17.8 Å². The van der Waals surface area contributed by atoms with Gasteiger partial charge in [-0.1, -0.05) is 18.2 Å². The van der Waals surface area contributed by atoms with E-state index >= 15 is 0 Å². The minimum Gasteiger partial charge on any atom is -0.494 e. The highest BCUT2D eigenvalue weighted by Gasteiger charge is 2.20. The van der Waals surface area contributed by atoms with Crippen LogP contribution in [0.1, 0.15) is 24.7 Å². The van der Waals surface area contributed by atoms with Crippen molar-refractivity contribution in [3.63, 3.8) is 0 Å². The van der Waals surface area contributed by atoms with Crippen molar-refractivity contribution in [1.29, 1.82) is 0 Å². The Labute approximate surface area is 132 Å². The Morgan fingerprint density at radius 1 is 1.36 bits per heavy atom. The average Bonchev–Trinajstić information content (AvgIpc) is 2.97. The normalized spacial score (nSPS) is 17.5. The minimum absolute atomic E-state index is 0.700. The summed E-state index contributed by atoms with van der Waals surface area (Å²) in [5, 5.41) is 0. The van der Waals surface area contributed by atoms with Crippen molar-refractivity contribution < 1.29 is 4.74 Å². The van der Waals surface area contributed by atoms with Crippen molar-refractivity contribution >= 4 is 0 Å². The summed E-state index contributed by atoms with van der Waals surface area (Å²) in [4.78, 5) is 6.81. The number of para-hydroxylation sites is 1. The fraction of sp³-hybridized carbons (Fsp3) is 0.500. The molecular weight excluding hydrogens is 274 g/mol. The minimum atomic E-state index is 0.700. The number of rotatable bonds is 6. The Bertz CT molecular complexity index is 608. The molecule has 0 N–H and O–H groups in total. The number of nitrogens with zero attached hydrogens (tertiary/aromatic N) is 3. The number of hydrogen-bond acceptors (Lipinski definition) is 3. The summed E-state index contributed by atoms with van der Waals surface area (Å²) in [5.74, 6) is 2.95. The Morgan fingerprint density at radius 2 is 2.23 bits per heavy atom. The van der Waals surface area contributed by atoms with Gasteiger partial charge in [0, 0.05) is 44.0 Å². The molecule has 2 aromatic rings. The molecule has 1 aliphatic rings. The fourth-order valence-corrected chi connectivity index (χ4v) is 3.31. The smallest absolute Gasteiger partial charge is 0.123 e. The summed E-state index contributed by atoms with van der Waals surface area (Å²) in [6, 6.07) is 8.35. The molecule has 0 radical (unpaired) electrons.